The van der Waals surface area contributed by atoms with E-state index in [1.165, 1.54) is 40.1 Å². The molecule has 3 aromatic heterocycles. The lowest BCUT2D eigenvalue weighted by atomic mass is 10.0. The number of hydrogen-bond donors (Lipinski definition) is 2. The third-order valence-electron chi connectivity index (χ3n) is 11.2. The standard InChI is InChI=1S/C18H24F3N3O3.C16H18ClF3N2O3.C15H19F3N2O2.C2Cl4O2.C2H7N/c1-5-7-12-14(26-11-6-10-24(4)17(25)23(2)3)9-8-13-15(12)27-22-16(13)18(19,20)21;1-3-5-10-12(24-9-4-8-22(2)15(17)23)7-6-11-13(10)25-21-14(11)16(18,19)20;1-3-5-10-12(21-9-4-8-19-2)7-6-11-13(10)22-20-14(11)15(16,17)18;3-1(7)8-2(4,5)6;1-3-2/h8-9H,5-7,10-11H2,1-4H3;6-7H,3-5,8-9H2,1-2H3;6-7,19H,3-5,8-9H2,1-2H3;;3H,1-2H3. The Bertz CT molecular complexity index is 3010. The van der Waals surface area contributed by atoms with Crippen molar-refractivity contribution in [3.8, 4) is 17.2 Å². The second-order valence-corrected chi connectivity index (χ2v) is 21.2. The fourth-order valence-electron chi connectivity index (χ4n) is 7.62. The number of carbonyl (C=O) groups excluding carboxylic acids is 3. The lowest BCUT2D eigenvalue weighted by Crippen LogP contribution is -2.37. The summed E-state index contributed by atoms with van der Waals surface area (Å²) in [6.07, 6.45) is -7.95. The molecule has 478 valence electrons. The van der Waals surface area contributed by atoms with Crippen LogP contribution in [0.4, 0.5) is 53.9 Å². The van der Waals surface area contributed by atoms with Crippen LogP contribution < -0.4 is 24.8 Å². The molecule has 6 rings (SSSR count). The highest BCUT2D eigenvalue weighted by Crippen LogP contribution is 2.41. The lowest BCUT2D eigenvalue weighted by Gasteiger charge is -2.21. The first kappa shape index (κ1) is 75.5. The summed E-state index contributed by atoms with van der Waals surface area (Å²) in [4.78, 5) is 36.8. The highest BCUT2D eigenvalue weighted by Gasteiger charge is 2.40. The molecule has 0 aliphatic heterocycles. The first-order chi connectivity index (χ1) is 39.7. The zero-order valence-electron chi connectivity index (χ0n) is 48.1. The molecule has 0 saturated carbocycles. The van der Waals surface area contributed by atoms with Crippen LogP contribution in [0.1, 0.15) is 93.1 Å². The van der Waals surface area contributed by atoms with Crippen LogP contribution in [0.3, 0.4) is 0 Å². The molecule has 0 unspecified atom stereocenters. The van der Waals surface area contributed by atoms with Gasteiger partial charge < -0.3 is 57.9 Å². The van der Waals surface area contributed by atoms with Crippen molar-refractivity contribution in [1.82, 2.24) is 40.8 Å². The maximum atomic E-state index is 13.0. The number of aryl methyl sites for hydroxylation is 3. The molecule has 0 atom stereocenters. The highest BCUT2D eigenvalue weighted by molar-refractivity contribution is 6.69. The Kier molecular flexibility index (Phi) is 31.9. The number of halogens is 14. The summed E-state index contributed by atoms with van der Waals surface area (Å²) >= 11 is 24.8. The van der Waals surface area contributed by atoms with E-state index in [0.29, 0.717) is 98.8 Å². The van der Waals surface area contributed by atoms with E-state index in [0.717, 1.165) is 25.8 Å². The van der Waals surface area contributed by atoms with E-state index in [-0.39, 0.29) is 45.5 Å². The highest BCUT2D eigenvalue weighted by atomic mass is 35.6. The summed E-state index contributed by atoms with van der Waals surface area (Å²) in [5, 5.41) is 14.6. The van der Waals surface area contributed by atoms with Crippen LogP contribution >= 0.6 is 58.0 Å². The van der Waals surface area contributed by atoms with Crippen molar-refractivity contribution in [3.05, 3.63) is 70.2 Å². The Morgan fingerprint density at radius 1 is 0.541 bits per heavy atom. The van der Waals surface area contributed by atoms with Gasteiger partial charge in [-0.1, -0.05) is 55.5 Å². The number of benzene rings is 3. The van der Waals surface area contributed by atoms with Crippen LogP contribution in [-0.4, -0.2) is 140 Å². The monoisotopic (exact) mass is 1320 g/mol. The molecular formula is C53H68Cl5F9N8O10. The molecule has 2 N–H and O–H groups in total. The van der Waals surface area contributed by atoms with Crippen molar-refractivity contribution in [3.63, 3.8) is 0 Å². The Balaban J connectivity index is 0.000000400. The first-order valence-electron chi connectivity index (χ1n) is 26.1. The molecule has 0 aliphatic carbocycles. The average Bonchev–Trinajstić information content (AvgIpc) is 2.27. The molecule has 0 spiro atoms. The number of nitrogens with one attached hydrogen (secondary N) is 2. The summed E-state index contributed by atoms with van der Waals surface area (Å²) in [5.74, 6) is 1.50. The van der Waals surface area contributed by atoms with Crippen molar-refractivity contribution < 1.29 is 86.4 Å². The third-order valence-corrected chi connectivity index (χ3v) is 11.8. The summed E-state index contributed by atoms with van der Waals surface area (Å²) < 4.78 is 151. The molecule has 0 bridgehead atoms. The number of urea groups is 1. The Morgan fingerprint density at radius 3 is 1.11 bits per heavy atom. The maximum absolute atomic E-state index is 13.0. The predicted octanol–water partition coefficient (Wildman–Crippen LogP) is 15.4. The van der Waals surface area contributed by atoms with Crippen LogP contribution in [0.25, 0.3) is 32.9 Å². The van der Waals surface area contributed by atoms with E-state index in [2.05, 4.69) is 42.4 Å². The van der Waals surface area contributed by atoms with Gasteiger partial charge in [0, 0.05) is 69.6 Å². The Labute approximate surface area is 510 Å². The Hall–Kier alpha value is -5.58. The molecular weight excluding hydrogens is 1260 g/mol. The average molecular weight is 1330 g/mol. The van der Waals surface area contributed by atoms with Crippen molar-refractivity contribution in [2.24, 2.45) is 0 Å². The van der Waals surface area contributed by atoms with Gasteiger partial charge in [0.1, 0.15) is 17.2 Å². The minimum Gasteiger partial charge on any atom is -0.493 e. The SMILES string of the molecule is CCCc1c(OCCCN(C)C(=O)Cl)ccc2c(C(F)(F)F)noc12.CCCc1c(OCCCN(C)C(=O)N(C)C)ccc2c(C(F)(F)F)noc12.CCCc1c(OCCCNC)ccc2c(C(F)(F)F)noc12.CNC.O=C(Cl)OC(Cl)(Cl)Cl. The summed E-state index contributed by atoms with van der Waals surface area (Å²) in [6, 6.07) is 8.47. The number of fused-ring (bicyclic) bond motifs is 3. The molecule has 0 fully saturated rings. The fraction of sp³-hybridized carbons (Fsp3) is 0.547. The van der Waals surface area contributed by atoms with Gasteiger partial charge in [-0.05, 0) is 149 Å². The number of rotatable bonds is 21. The first-order valence-corrected chi connectivity index (χ1v) is 28.0. The molecule has 18 nitrogen and oxygen atoms in total. The molecule has 0 radical (unpaired) electrons. The van der Waals surface area contributed by atoms with Crippen LogP contribution in [-0.2, 0) is 42.5 Å². The number of carbonyl (C=O) groups is 3. The van der Waals surface area contributed by atoms with Crippen molar-refractivity contribution >= 4 is 108 Å². The number of ether oxygens (including phenoxy) is 4. The molecule has 32 heteroatoms. The maximum Gasteiger partial charge on any atom is 0.437 e. The summed E-state index contributed by atoms with van der Waals surface area (Å²) in [6.45, 7) is 8.61. The normalized spacial score (nSPS) is 11.5. The third kappa shape index (κ3) is 24.6. The molecule has 3 aromatic carbocycles. The van der Waals surface area contributed by atoms with E-state index >= 15 is 0 Å². The lowest BCUT2D eigenvalue weighted by molar-refractivity contribution is -0.142. The predicted molar refractivity (Wildman–Crippen MR) is 306 cm³/mol. The van der Waals surface area contributed by atoms with Crippen molar-refractivity contribution in [1.29, 1.82) is 0 Å². The van der Waals surface area contributed by atoms with E-state index in [4.69, 9.17) is 74.2 Å². The van der Waals surface area contributed by atoms with Crippen LogP contribution in [0.2, 0.25) is 0 Å². The van der Waals surface area contributed by atoms with E-state index in [1.54, 1.807) is 39.2 Å². The van der Waals surface area contributed by atoms with Gasteiger partial charge in [-0.3, -0.25) is 4.79 Å². The quantitative estimate of drug-likeness (QED) is 0.0226. The van der Waals surface area contributed by atoms with Gasteiger partial charge in [0.25, 0.3) is 0 Å². The van der Waals surface area contributed by atoms with Gasteiger partial charge in [0.2, 0.25) is 0 Å². The fourth-order valence-corrected chi connectivity index (χ4v) is 8.15. The molecule has 6 aromatic rings. The van der Waals surface area contributed by atoms with Gasteiger partial charge >= 0.3 is 39.3 Å². The van der Waals surface area contributed by atoms with Gasteiger partial charge in [0.05, 0.1) is 36.0 Å². The topological polar surface area (TPSA) is 200 Å². The van der Waals surface area contributed by atoms with Gasteiger partial charge in [-0.15, -0.1) is 0 Å². The van der Waals surface area contributed by atoms with Gasteiger partial charge in [0.15, 0.2) is 33.8 Å². The molecule has 3 amide bonds. The minimum absolute atomic E-state index is 0.0153. The molecule has 0 saturated heterocycles. The van der Waals surface area contributed by atoms with Gasteiger partial charge in [-0.2, -0.15) is 39.5 Å². The number of alkyl halides is 12. The van der Waals surface area contributed by atoms with Crippen molar-refractivity contribution in [2.75, 3.05) is 88.8 Å². The molecule has 3 heterocycles. The van der Waals surface area contributed by atoms with E-state index in [1.807, 2.05) is 41.9 Å². The minimum atomic E-state index is -4.57. The number of hydrogen-bond acceptors (Lipinski definition) is 15. The van der Waals surface area contributed by atoms with Crippen molar-refractivity contribution in [2.45, 2.75) is 101 Å². The number of amides is 3. The van der Waals surface area contributed by atoms with E-state index in [9.17, 15) is 53.9 Å². The summed E-state index contributed by atoms with van der Waals surface area (Å²) in [7, 11) is 12.2. The van der Waals surface area contributed by atoms with Crippen LogP contribution in [0.5, 0.6) is 17.2 Å². The van der Waals surface area contributed by atoms with Crippen LogP contribution in [0, 0.1) is 0 Å². The largest absolute Gasteiger partial charge is 0.493 e. The van der Waals surface area contributed by atoms with Crippen LogP contribution in [0.15, 0.2) is 50.0 Å². The number of nitrogens with zero attached hydrogens (tertiary/aromatic N) is 6. The summed E-state index contributed by atoms with van der Waals surface area (Å²) in [5.41, 5.74) is -2.03. The zero-order valence-corrected chi connectivity index (χ0v) is 51.9. The number of aromatic nitrogens is 3. The second kappa shape index (κ2) is 35.9. The smallest absolute Gasteiger partial charge is 0.437 e. The molecule has 0 aliphatic rings. The molecule has 85 heavy (non-hydrogen) atoms. The Morgan fingerprint density at radius 2 is 0.859 bits per heavy atom. The zero-order chi connectivity index (χ0) is 64.5. The second-order valence-electron chi connectivity index (χ2n) is 18.4. The van der Waals surface area contributed by atoms with Gasteiger partial charge in [-0.25, -0.2) is 9.59 Å². The van der Waals surface area contributed by atoms with E-state index < -0.39 is 50.4 Å².